The zero-order chi connectivity index (χ0) is 15.7. The highest BCUT2D eigenvalue weighted by molar-refractivity contribution is 6.28. The van der Waals surface area contributed by atoms with Gasteiger partial charge >= 0.3 is 5.97 Å². The van der Waals surface area contributed by atoms with Gasteiger partial charge in [0.15, 0.2) is 17.0 Å². The van der Waals surface area contributed by atoms with Gasteiger partial charge in [0.25, 0.3) is 0 Å². The molecule has 0 saturated heterocycles. The molecule has 0 spiro atoms. The van der Waals surface area contributed by atoms with E-state index < -0.39 is 12.0 Å². The number of benzene rings is 1. The molecule has 0 fully saturated rings. The second kappa shape index (κ2) is 5.61. The number of para-hydroxylation sites is 1. The fraction of sp³-hybridized carbons (Fsp3) is 0.143. The van der Waals surface area contributed by atoms with E-state index in [0.29, 0.717) is 17.0 Å². The monoisotopic (exact) mass is 317 g/mol. The van der Waals surface area contributed by atoms with E-state index in [-0.39, 0.29) is 5.28 Å². The van der Waals surface area contributed by atoms with Crippen LogP contribution in [0.3, 0.4) is 0 Å². The van der Waals surface area contributed by atoms with Crippen LogP contribution in [0.2, 0.25) is 5.28 Å². The summed E-state index contributed by atoms with van der Waals surface area (Å²) in [6, 6.07) is 8.70. The van der Waals surface area contributed by atoms with E-state index in [4.69, 9.17) is 16.7 Å². The van der Waals surface area contributed by atoms with Crippen LogP contribution in [0.1, 0.15) is 6.92 Å². The van der Waals surface area contributed by atoms with Gasteiger partial charge in [-0.1, -0.05) is 18.2 Å². The van der Waals surface area contributed by atoms with Gasteiger partial charge in [-0.05, 0) is 30.7 Å². The van der Waals surface area contributed by atoms with E-state index in [9.17, 15) is 4.79 Å². The fourth-order valence-corrected chi connectivity index (χ4v) is 2.18. The van der Waals surface area contributed by atoms with Crippen molar-refractivity contribution in [2.24, 2.45) is 0 Å². The third-order valence-corrected chi connectivity index (χ3v) is 3.30. The number of nitrogens with zero attached hydrogens (tertiary/aromatic N) is 4. The minimum absolute atomic E-state index is 0.0188. The lowest BCUT2D eigenvalue weighted by atomic mass is 10.3. The molecule has 3 rings (SSSR count). The molecule has 0 saturated carbocycles. The molecule has 0 bridgehead atoms. The molecule has 1 aromatic carbocycles. The Labute approximate surface area is 130 Å². The molecule has 22 heavy (non-hydrogen) atoms. The summed E-state index contributed by atoms with van der Waals surface area (Å²) in [5, 5.41) is 11.8. The third kappa shape index (κ3) is 2.58. The van der Waals surface area contributed by atoms with E-state index in [1.165, 1.54) is 6.92 Å². The molecule has 1 unspecified atom stereocenters. The molecule has 2 aromatic heterocycles. The van der Waals surface area contributed by atoms with Gasteiger partial charge in [-0.3, -0.25) is 9.36 Å². The van der Waals surface area contributed by atoms with Gasteiger partial charge in [-0.25, -0.2) is 4.98 Å². The first kappa shape index (κ1) is 14.3. The van der Waals surface area contributed by atoms with Crippen LogP contribution < -0.4 is 5.32 Å². The Balaban J connectivity index is 2.13. The molecular formula is C14H12ClN5O2. The average molecular weight is 318 g/mol. The molecule has 112 valence electrons. The molecule has 0 aliphatic carbocycles. The number of imidazole rings is 1. The van der Waals surface area contributed by atoms with Crippen LogP contribution in [0, 0.1) is 0 Å². The minimum Gasteiger partial charge on any atom is -0.480 e. The van der Waals surface area contributed by atoms with Gasteiger partial charge in [0.05, 0.1) is 0 Å². The second-order valence-electron chi connectivity index (χ2n) is 4.67. The lowest BCUT2D eigenvalue weighted by molar-refractivity contribution is -0.137. The molecule has 0 aliphatic rings. The molecule has 1 atom stereocenters. The normalized spacial score (nSPS) is 12.3. The lowest BCUT2D eigenvalue weighted by Gasteiger charge is -2.10. The Morgan fingerprint density at radius 1 is 1.32 bits per heavy atom. The predicted octanol–water partition coefficient (Wildman–Crippen LogP) is 2.35. The third-order valence-electron chi connectivity index (χ3n) is 3.13. The highest BCUT2D eigenvalue weighted by atomic mass is 35.5. The summed E-state index contributed by atoms with van der Waals surface area (Å²) in [7, 11) is 0. The first-order valence-electron chi connectivity index (χ1n) is 6.51. The van der Waals surface area contributed by atoms with Gasteiger partial charge in [0, 0.05) is 5.69 Å². The Bertz CT molecular complexity index is 834. The van der Waals surface area contributed by atoms with Gasteiger partial charge in [0.2, 0.25) is 5.28 Å². The van der Waals surface area contributed by atoms with Crippen LogP contribution in [0.25, 0.3) is 16.9 Å². The van der Waals surface area contributed by atoms with Crippen molar-refractivity contribution >= 4 is 34.6 Å². The molecule has 0 aliphatic heterocycles. The number of hydrogen-bond acceptors (Lipinski definition) is 5. The number of fused-ring (bicyclic) bond motifs is 1. The van der Waals surface area contributed by atoms with Crippen LogP contribution >= 0.6 is 11.6 Å². The van der Waals surface area contributed by atoms with Crippen molar-refractivity contribution < 1.29 is 9.90 Å². The SMILES string of the molecule is CC(Nc1nc(Cl)nc2c1ncn2-c1ccccc1)C(=O)O. The maximum Gasteiger partial charge on any atom is 0.325 e. The van der Waals surface area contributed by atoms with Crippen LogP contribution in [0.5, 0.6) is 0 Å². The molecule has 7 nitrogen and oxygen atoms in total. The predicted molar refractivity (Wildman–Crippen MR) is 82.4 cm³/mol. The molecule has 2 N–H and O–H groups in total. The summed E-state index contributed by atoms with van der Waals surface area (Å²) in [4.78, 5) is 23.5. The summed E-state index contributed by atoms with van der Waals surface area (Å²) in [5.41, 5.74) is 1.84. The number of carboxylic acid groups (broad SMARTS) is 1. The van der Waals surface area contributed by atoms with E-state index in [2.05, 4.69) is 20.3 Å². The lowest BCUT2D eigenvalue weighted by Crippen LogP contribution is -2.26. The maximum absolute atomic E-state index is 11.0. The first-order chi connectivity index (χ1) is 10.6. The molecule has 3 aromatic rings. The summed E-state index contributed by atoms with van der Waals surface area (Å²) < 4.78 is 1.76. The number of anilines is 1. The highest BCUT2D eigenvalue weighted by Crippen LogP contribution is 2.23. The number of nitrogens with one attached hydrogen (secondary N) is 1. The van der Waals surface area contributed by atoms with Crippen LogP contribution in [0.15, 0.2) is 36.7 Å². The Morgan fingerprint density at radius 2 is 2.05 bits per heavy atom. The Kier molecular flexibility index (Phi) is 3.64. The maximum atomic E-state index is 11.0. The van der Waals surface area contributed by atoms with Gasteiger partial charge in [-0.2, -0.15) is 9.97 Å². The van der Waals surface area contributed by atoms with Crippen molar-refractivity contribution in [1.29, 1.82) is 0 Å². The largest absolute Gasteiger partial charge is 0.480 e. The van der Waals surface area contributed by atoms with E-state index >= 15 is 0 Å². The van der Waals surface area contributed by atoms with Crippen LogP contribution in [0.4, 0.5) is 5.82 Å². The molecule has 0 amide bonds. The topological polar surface area (TPSA) is 92.9 Å². The number of aliphatic carboxylic acids is 1. The zero-order valence-corrected chi connectivity index (χ0v) is 12.3. The average Bonchev–Trinajstić information content (AvgIpc) is 2.91. The number of carboxylic acids is 1. The number of hydrogen-bond donors (Lipinski definition) is 2. The highest BCUT2D eigenvalue weighted by Gasteiger charge is 2.17. The number of rotatable bonds is 4. The standard InChI is InChI=1S/C14H12ClN5O2/c1-8(13(21)22)17-11-10-12(19-14(15)18-11)20(7-16-10)9-5-3-2-4-6-9/h2-8H,1H3,(H,21,22)(H,17,18,19). The van der Waals surface area contributed by atoms with Gasteiger partial charge in [0.1, 0.15) is 12.4 Å². The number of aromatic nitrogens is 4. The van der Waals surface area contributed by atoms with Crippen molar-refractivity contribution in [3.05, 3.63) is 41.9 Å². The molecule has 2 heterocycles. The molecule has 0 radical (unpaired) electrons. The Hall–Kier alpha value is -2.67. The van der Waals surface area contributed by atoms with Crippen LogP contribution in [-0.2, 0) is 4.79 Å². The number of halogens is 1. The minimum atomic E-state index is -0.995. The van der Waals surface area contributed by atoms with Crippen LogP contribution in [-0.4, -0.2) is 36.6 Å². The van der Waals surface area contributed by atoms with E-state index in [1.54, 1.807) is 10.9 Å². The van der Waals surface area contributed by atoms with Crippen molar-refractivity contribution in [2.45, 2.75) is 13.0 Å². The Morgan fingerprint density at radius 3 is 2.73 bits per heavy atom. The zero-order valence-electron chi connectivity index (χ0n) is 11.6. The first-order valence-corrected chi connectivity index (χ1v) is 6.89. The molecular weight excluding hydrogens is 306 g/mol. The van der Waals surface area contributed by atoms with Gasteiger partial charge in [-0.15, -0.1) is 0 Å². The summed E-state index contributed by atoms with van der Waals surface area (Å²) in [5.74, 6) is -0.704. The smallest absolute Gasteiger partial charge is 0.325 e. The molecule has 8 heteroatoms. The second-order valence-corrected chi connectivity index (χ2v) is 5.01. The quantitative estimate of drug-likeness (QED) is 0.717. The number of carbonyl (C=O) groups is 1. The summed E-state index contributed by atoms with van der Waals surface area (Å²) >= 11 is 5.95. The summed E-state index contributed by atoms with van der Waals surface area (Å²) in [6.45, 7) is 1.51. The van der Waals surface area contributed by atoms with E-state index in [0.717, 1.165) is 5.69 Å². The van der Waals surface area contributed by atoms with Crippen molar-refractivity contribution in [1.82, 2.24) is 19.5 Å². The summed E-state index contributed by atoms with van der Waals surface area (Å²) in [6.07, 6.45) is 1.60. The van der Waals surface area contributed by atoms with Crippen molar-refractivity contribution in [3.8, 4) is 5.69 Å². The fourth-order valence-electron chi connectivity index (χ4n) is 2.02. The van der Waals surface area contributed by atoms with Crippen molar-refractivity contribution in [2.75, 3.05) is 5.32 Å². The van der Waals surface area contributed by atoms with E-state index in [1.807, 2.05) is 30.3 Å². The van der Waals surface area contributed by atoms with Gasteiger partial charge < -0.3 is 10.4 Å². The van der Waals surface area contributed by atoms with Crippen molar-refractivity contribution in [3.63, 3.8) is 0 Å².